The Morgan fingerprint density at radius 2 is 2.12 bits per heavy atom. The third-order valence-corrected chi connectivity index (χ3v) is 3.12. The lowest BCUT2D eigenvalue weighted by molar-refractivity contribution is 0.0943. The van der Waals surface area contributed by atoms with Crippen molar-refractivity contribution in [2.75, 3.05) is 12.0 Å². The third-order valence-electron chi connectivity index (χ3n) is 2.02. The number of amides is 1. The molecule has 6 heteroatoms. The monoisotopic (exact) mass is 259 g/mol. The highest BCUT2D eigenvalue weighted by Gasteiger charge is 2.14. The van der Waals surface area contributed by atoms with Crippen molar-refractivity contribution in [3.05, 3.63) is 35.6 Å². The maximum absolute atomic E-state index is 12.9. The lowest BCUT2D eigenvalue weighted by Gasteiger charge is -2.12. The zero-order valence-electron chi connectivity index (χ0n) is 9.60. The van der Waals surface area contributed by atoms with Gasteiger partial charge in [-0.3, -0.25) is 4.79 Å². The number of rotatable bonds is 4. The van der Waals surface area contributed by atoms with Crippen LogP contribution in [0.5, 0.6) is 0 Å². The van der Waals surface area contributed by atoms with E-state index < -0.39 is 27.6 Å². The lowest BCUT2D eigenvalue weighted by atomic mass is 10.2. The van der Waals surface area contributed by atoms with Crippen LogP contribution in [0.15, 0.2) is 24.3 Å². The van der Waals surface area contributed by atoms with Crippen molar-refractivity contribution in [2.24, 2.45) is 0 Å². The summed E-state index contributed by atoms with van der Waals surface area (Å²) in [5.74, 6) is -1.14. The molecular formula is C11H14FNO3S. The van der Waals surface area contributed by atoms with Crippen molar-refractivity contribution in [1.29, 1.82) is 0 Å². The molecule has 0 unspecified atom stereocenters. The van der Waals surface area contributed by atoms with Crippen molar-refractivity contribution in [3.63, 3.8) is 0 Å². The molecule has 0 aliphatic carbocycles. The number of carbonyl (C=O) groups excluding carboxylic acids is 1. The van der Waals surface area contributed by atoms with Crippen molar-refractivity contribution < 1.29 is 17.6 Å². The second-order valence-electron chi connectivity index (χ2n) is 3.98. The SMILES string of the molecule is C[C@@H](CS(C)(=O)=O)NC(=O)c1cccc(F)c1. The Bertz CT molecular complexity index is 513. The number of nitrogens with one attached hydrogen (secondary N) is 1. The van der Waals surface area contributed by atoms with Crippen LogP contribution in [0, 0.1) is 5.82 Å². The minimum absolute atomic E-state index is 0.145. The first-order chi connectivity index (χ1) is 7.78. The molecule has 1 aromatic rings. The van der Waals surface area contributed by atoms with E-state index in [2.05, 4.69) is 5.32 Å². The first kappa shape index (κ1) is 13.6. The molecule has 0 heterocycles. The molecule has 0 aromatic heterocycles. The molecule has 0 aliphatic heterocycles. The zero-order chi connectivity index (χ0) is 13.1. The van der Waals surface area contributed by atoms with E-state index in [-0.39, 0.29) is 11.3 Å². The summed E-state index contributed by atoms with van der Waals surface area (Å²) in [6.45, 7) is 1.58. The summed E-state index contributed by atoms with van der Waals surface area (Å²) in [4.78, 5) is 11.6. The van der Waals surface area contributed by atoms with Gasteiger partial charge in [-0.15, -0.1) is 0 Å². The summed E-state index contributed by atoms with van der Waals surface area (Å²) in [7, 11) is -3.15. The van der Waals surface area contributed by atoms with E-state index in [1.165, 1.54) is 18.2 Å². The van der Waals surface area contributed by atoms with Crippen LogP contribution < -0.4 is 5.32 Å². The van der Waals surface area contributed by atoms with Crippen molar-refractivity contribution in [1.82, 2.24) is 5.32 Å². The lowest BCUT2D eigenvalue weighted by Crippen LogP contribution is -2.37. The number of hydrogen-bond acceptors (Lipinski definition) is 3. The van der Waals surface area contributed by atoms with Crippen LogP contribution in [0.2, 0.25) is 0 Å². The Labute approximate surface area is 99.8 Å². The van der Waals surface area contributed by atoms with E-state index in [0.29, 0.717) is 0 Å². The average molecular weight is 259 g/mol. The molecule has 1 N–H and O–H groups in total. The van der Waals surface area contributed by atoms with Crippen molar-refractivity contribution >= 4 is 15.7 Å². The number of hydrogen-bond donors (Lipinski definition) is 1. The van der Waals surface area contributed by atoms with Gasteiger partial charge in [-0.2, -0.15) is 0 Å². The largest absolute Gasteiger partial charge is 0.349 e. The highest BCUT2D eigenvalue weighted by Crippen LogP contribution is 2.04. The molecule has 0 spiro atoms. The van der Waals surface area contributed by atoms with Crippen LogP contribution in [-0.2, 0) is 9.84 Å². The van der Waals surface area contributed by atoms with Crippen LogP contribution in [-0.4, -0.2) is 32.4 Å². The van der Waals surface area contributed by atoms with Crippen molar-refractivity contribution in [2.45, 2.75) is 13.0 Å². The Morgan fingerprint density at radius 1 is 1.47 bits per heavy atom. The van der Waals surface area contributed by atoms with Gasteiger partial charge in [0.1, 0.15) is 15.7 Å². The molecule has 1 rings (SSSR count). The molecular weight excluding hydrogens is 245 g/mol. The van der Waals surface area contributed by atoms with Gasteiger partial charge in [-0.05, 0) is 25.1 Å². The van der Waals surface area contributed by atoms with E-state index in [4.69, 9.17) is 0 Å². The summed E-state index contributed by atoms with van der Waals surface area (Å²) < 4.78 is 34.9. The number of benzene rings is 1. The quantitative estimate of drug-likeness (QED) is 0.877. The van der Waals surface area contributed by atoms with Crippen LogP contribution in [0.1, 0.15) is 17.3 Å². The Hall–Kier alpha value is -1.43. The van der Waals surface area contributed by atoms with E-state index >= 15 is 0 Å². The van der Waals surface area contributed by atoms with Gasteiger partial charge in [0.15, 0.2) is 0 Å². The minimum Gasteiger partial charge on any atom is -0.349 e. The summed E-state index contributed by atoms with van der Waals surface area (Å²) in [5.41, 5.74) is 0.172. The summed E-state index contributed by atoms with van der Waals surface area (Å²) in [6, 6.07) is 4.71. The van der Waals surface area contributed by atoms with Gasteiger partial charge in [0.2, 0.25) is 0 Å². The van der Waals surface area contributed by atoms with Crippen molar-refractivity contribution in [3.8, 4) is 0 Å². The molecule has 1 aromatic carbocycles. The molecule has 17 heavy (non-hydrogen) atoms. The maximum atomic E-state index is 12.9. The summed E-state index contributed by atoms with van der Waals surface area (Å²) >= 11 is 0. The molecule has 0 bridgehead atoms. The Morgan fingerprint density at radius 3 is 2.65 bits per heavy atom. The molecule has 1 amide bonds. The number of carbonyl (C=O) groups is 1. The molecule has 1 atom stereocenters. The van der Waals surface area contributed by atoms with E-state index in [0.717, 1.165) is 12.3 Å². The fourth-order valence-electron chi connectivity index (χ4n) is 1.43. The molecule has 0 radical (unpaired) electrons. The first-order valence-corrected chi connectivity index (χ1v) is 7.08. The fourth-order valence-corrected chi connectivity index (χ4v) is 2.42. The molecule has 4 nitrogen and oxygen atoms in total. The molecule has 0 aliphatic rings. The second-order valence-corrected chi connectivity index (χ2v) is 6.16. The van der Waals surface area contributed by atoms with E-state index in [1.54, 1.807) is 6.92 Å². The van der Waals surface area contributed by atoms with Gasteiger partial charge in [0.25, 0.3) is 5.91 Å². The minimum atomic E-state index is -3.15. The average Bonchev–Trinajstić information content (AvgIpc) is 2.14. The first-order valence-electron chi connectivity index (χ1n) is 5.02. The molecule has 0 saturated carbocycles. The highest BCUT2D eigenvalue weighted by molar-refractivity contribution is 7.90. The summed E-state index contributed by atoms with van der Waals surface area (Å²) in [6.07, 6.45) is 1.10. The number of sulfone groups is 1. The third kappa shape index (κ3) is 4.95. The Balaban J connectivity index is 2.67. The van der Waals surface area contributed by atoms with Crippen LogP contribution in [0.3, 0.4) is 0 Å². The predicted octanol–water partition coefficient (Wildman–Crippen LogP) is 0.989. The van der Waals surface area contributed by atoms with E-state index in [9.17, 15) is 17.6 Å². The van der Waals surface area contributed by atoms with Gasteiger partial charge in [0, 0.05) is 17.9 Å². The fraction of sp³-hybridized carbons (Fsp3) is 0.364. The van der Waals surface area contributed by atoms with Gasteiger partial charge in [0.05, 0.1) is 5.75 Å². The highest BCUT2D eigenvalue weighted by atomic mass is 32.2. The van der Waals surface area contributed by atoms with Crippen LogP contribution in [0.25, 0.3) is 0 Å². The maximum Gasteiger partial charge on any atom is 0.251 e. The molecule has 94 valence electrons. The van der Waals surface area contributed by atoms with Crippen LogP contribution >= 0.6 is 0 Å². The normalized spacial score (nSPS) is 13.1. The second kappa shape index (κ2) is 5.27. The summed E-state index contributed by atoms with van der Waals surface area (Å²) in [5, 5.41) is 2.50. The standard InChI is InChI=1S/C11H14FNO3S/c1-8(7-17(2,15)16)13-11(14)9-4-3-5-10(12)6-9/h3-6,8H,7H2,1-2H3,(H,13,14)/t8-/m0/s1. The van der Waals surface area contributed by atoms with Gasteiger partial charge in [-0.1, -0.05) is 6.07 Å². The van der Waals surface area contributed by atoms with Gasteiger partial charge < -0.3 is 5.32 Å². The van der Waals surface area contributed by atoms with Gasteiger partial charge >= 0.3 is 0 Å². The predicted molar refractivity (Wildman–Crippen MR) is 63.0 cm³/mol. The molecule has 0 saturated heterocycles. The number of halogens is 1. The Kier molecular flexibility index (Phi) is 4.22. The molecule has 0 fully saturated rings. The smallest absolute Gasteiger partial charge is 0.251 e. The van der Waals surface area contributed by atoms with Crippen LogP contribution in [0.4, 0.5) is 4.39 Å². The van der Waals surface area contributed by atoms with E-state index in [1.807, 2.05) is 0 Å². The van der Waals surface area contributed by atoms with Gasteiger partial charge in [-0.25, -0.2) is 12.8 Å². The zero-order valence-corrected chi connectivity index (χ0v) is 10.4. The topological polar surface area (TPSA) is 63.2 Å².